The van der Waals surface area contributed by atoms with E-state index in [-0.39, 0.29) is 11.7 Å². The van der Waals surface area contributed by atoms with E-state index in [9.17, 15) is 13.6 Å². The monoisotopic (exact) mass is 290 g/mol. The summed E-state index contributed by atoms with van der Waals surface area (Å²) in [7, 11) is 0. The Balaban J connectivity index is 1.94. The zero-order valence-electron chi connectivity index (χ0n) is 10.8. The van der Waals surface area contributed by atoms with Crippen molar-refractivity contribution in [3.8, 4) is 5.75 Å². The van der Waals surface area contributed by atoms with Crippen LogP contribution < -0.4 is 15.4 Å². The number of alkyl halides is 2. The summed E-state index contributed by atoms with van der Waals surface area (Å²) in [6, 6.07) is 13.4. The number of carbonyl (C=O) groups is 1. The molecule has 21 heavy (non-hydrogen) atoms. The molecule has 0 fully saturated rings. The van der Waals surface area contributed by atoms with E-state index >= 15 is 0 Å². The van der Waals surface area contributed by atoms with Crippen molar-refractivity contribution in [1.29, 1.82) is 0 Å². The third kappa shape index (κ3) is 2.65. The van der Waals surface area contributed by atoms with E-state index in [1.54, 1.807) is 42.5 Å². The number of benzene rings is 2. The molecule has 0 radical (unpaired) electrons. The van der Waals surface area contributed by atoms with Gasteiger partial charge in [-0.25, -0.2) is 0 Å². The molecular weight excluding hydrogens is 278 g/mol. The predicted octanol–water partition coefficient (Wildman–Crippen LogP) is 3.14. The van der Waals surface area contributed by atoms with Crippen molar-refractivity contribution in [3.63, 3.8) is 0 Å². The molecule has 0 saturated heterocycles. The molecule has 6 heteroatoms. The summed E-state index contributed by atoms with van der Waals surface area (Å²) in [6.45, 7) is -2.92. The number of hydrogen-bond acceptors (Lipinski definition) is 3. The number of fused-ring (bicyclic) bond motifs is 1. The lowest BCUT2D eigenvalue weighted by molar-refractivity contribution is -0.0506. The molecule has 3 rings (SSSR count). The Morgan fingerprint density at radius 2 is 1.71 bits per heavy atom. The third-order valence-corrected chi connectivity index (χ3v) is 3.19. The molecule has 2 aromatic rings. The van der Waals surface area contributed by atoms with Gasteiger partial charge in [-0.2, -0.15) is 8.78 Å². The highest BCUT2D eigenvalue weighted by molar-refractivity contribution is 6.01. The molecule has 1 unspecified atom stereocenters. The van der Waals surface area contributed by atoms with Crippen LogP contribution in [0.25, 0.3) is 0 Å². The summed E-state index contributed by atoms with van der Waals surface area (Å²) in [4.78, 5) is 12.1. The summed E-state index contributed by atoms with van der Waals surface area (Å²) in [5, 5.41) is 5.83. The van der Waals surface area contributed by atoms with Crippen LogP contribution in [0.5, 0.6) is 5.75 Å². The first kappa shape index (κ1) is 13.4. The first-order valence-corrected chi connectivity index (χ1v) is 6.35. The lowest BCUT2D eigenvalue weighted by Crippen LogP contribution is -2.38. The van der Waals surface area contributed by atoms with E-state index in [1.807, 2.05) is 0 Å². The molecule has 2 N–H and O–H groups in total. The molecule has 0 spiro atoms. The van der Waals surface area contributed by atoms with E-state index in [0.29, 0.717) is 16.8 Å². The van der Waals surface area contributed by atoms with Crippen LogP contribution in [0.15, 0.2) is 48.5 Å². The van der Waals surface area contributed by atoms with Crippen LogP contribution in [0.2, 0.25) is 0 Å². The number of hydrogen-bond donors (Lipinski definition) is 2. The Bertz CT molecular complexity index is 676. The fourth-order valence-corrected chi connectivity index (χ4v) is 2.29. The van der Waals surface area contributed by atoms with E-state index in [4.69, 9.17) is 0 Å². The second kappa shape index (κ2) is 5.40. The van der Waals surface area contributed by atoms with Crippen LogP contribution in [0.1, 0.15) is 22.1 Å². The molecule has 1 amide bonds. The average Bonchev–Trinajstić information content (AvgIpc) is 2.47. The van der Waals surface area contributed by atoms with Crippen LogP contribution in [0.3, 0.4) is 0 Å². The first-order chi connectivity index (χ1) is 10.1. The van der Waals surface area contributed by atoms with E-state index < -0.39 is 12.8 Å². The van der Waals surface area contributed by atoms with Crippen LogP contribution in [0, 0.1) is 0 Å². The number of ether oxygens (including phenoxy) is 1. The van der Waals surface area contributed by atoms with Crippen molar-refractivity contribution in [2.24, 2.45) is 0 Å². The SMILES string of the molecule is O=C1NC(c2ccccc2OC(F)F)Nc2ccccc21. The van der Waals surface area contributed by atoms with Gasteiger partial charge in [0.15, 0.2) is 0 Å². The van der Waals surface area contributed by atoms with Gasteiger partial charge in [0.2, 0.25) is 0 Å². The van der Waals surface area contributed by atoms with Crippen molar-refractivity contribution in [2.75, 3.05) is 5.32 Å². The van der Waals surface area contributed by atoms with Crippen LogP contribution in [-0.2, 0) is 0 Å². The highest BCUT2D eigenvalue weighted by Gasteiger charge is 2.26. The molecule has 1 aliphatic rings. The fraction of sp³-hybridized carbons (Fsp3) is 0.133. The maximum Gasteiger partial charge on any atom is 0.387 e. The summed E-state index contributed by atoms with van der Waals surface area (Å²) in [6.07, 6.45) is -0.623. The Hall–Kier alpha value is -2.63. The van der Waals surface area contributed by atoms with Crippen molar-refractivity contribution >= 4 is 11.6 Å². The second-order valence-electron chi connectivity index (χ2n) is 4.51. The van der Waals surface area contributed by atoms with Gasteiger partial charge in [-0.15, -0.1) is 0 Å². The predicted molar refractivity (Wildman–Crippen MR) is 73.3 cm³/mol. The topological polar surface area (TPSA) is 50.4 Å². The van der Waals surface area contributed by atoms with Crippen LogP contribution in [0.4, 0.5) is 14.5 Å². The molecule has 0 aliphatic carbocycles. The average molecular weight is 290 g/mol. The first-order valence-electron chi connectivity index (χ1n) is 6.35. The Morgan fingerprint density at radius 3 is 2.52 bits per heavy atom. The Labute approximate surface area is 119 Å². The van der Waals surface area contributed by atoms with Crippen LogP contribution in [-0.4, -0.2) is 12.5 Å². The van der Waals surface area contributed by atoms with Gasteiger partial charge >= 0.3 is 6.61 Å². The third-order valence-electron chi connectivity index (χ3n) is 3.19. The maximum absolute atomic E-state index is 12.5. The summed E-state index contributed by atoms with van der Waals surface area (Å²) in [5.74, 6) is -0.231. The molecule has 4 nitrogen and oxygen atoms in total. The molecule has 1 aliphatic heterocycles. The van der Waals surface area contributed by atoms with Gasteiger partial charge in [0, 0.05) is 11.3 Å². The van der Waals surface area contributed by atoms with Gasteiger partial charge in [0.1, 0.15) is 11.9 Å². The van der Waals surface area contributed by atoms with Crippen LogP contribution >= 0.6 is 0 Å². The molecule has 2 aromatic carbocycles. The molecule has 1 atom stereocenters. The molecule has 0 aromatic heterocycles. The standard InChI is InChI=1S/C15H12F2N2O2/c16-15(17)21-12-8-4-2-6-10(12)13-18-11-7-3-1-5-9(11)14(20)19-13/h1-8,13,15,18H,(H,19,20). The molecule has 108 valence electrons. The zero-order chi connectivity index (χ0) is 14.8. The highest BCUT2D eigenvalue weighted by atomic mass is 19.3. The highest BCUT2D eigenvalue weighted by Crippen LogP contribution is 2.31. The minimum Gasteiger partial charge on any atom is -0.434 e. The normalized spacial score (nSPS) is 16.9. The largest absolute Gasteiger partial charge is 0.434 e. The number of amides is 1. The van der Waals surface area contributed by atoms with E-state index in [2.05, 4.69) is 15.4 Å². The van der Waals surface area contributed by atoms with Crippen molar-refractivity contribution in [2.45, 2.75) is 12.8 Å². The molecule has 1 heterocycles. The van der Waals surface area contributed by atoms with Crippen molar-refractivity contribution < 1.29 is 18.3 Å². The van der Waals surface area contributed by atoms with Gasteiger partial charge < -0.3 is 15.4 Å². The summed E-state index contributed by atoms with van der Waals surface area (Å²) >= 11 is 0. The minimum absolute atomic E-state index is 0.0321. The van der Waals surface area contributed by atoms with E-state index in [0.717, 1.165) is 0 Å². The number of rotatable bonds is 3. The number of anilines is 1. The Kier molecular flexibility index (Phi) is 3.43. The second-order valence-corrected chi connectivity index (χ2v) is 4.51. The number of halogens is 2. The minimum atomic E-state index is -2.92. The molecular formula is C15H12F2N2O2. The summed E-state index contributed by atoms with van der Waals surface area (Å²) < 4.78 is 29.4. The summed E-state index contributed by atoms with van der Waals surface area (Å²) in [5.41, 5.74) is 1.61. The lowest BCUT2D eigenvalue weighted by atomic mass is 10.1. The quantitative estimate of drug-likeness (QED) is 0.913. The number of nitrogens with one attached hydrogen (secondary N) is 2. The lowest BCUT2D eigenvalue weighted by Gasteiger charge is -2.29. The van der Waals surface area contributed by atoms with Crippen molar-refractivity contribution in [3.05, 3.63) is 59.7 Å². The zero-order valence-corrected chi connectivity index (χ0v) is 10.8. The van der Waals surface area contributed by atoms with E-state index in [1.165, 1.54) is 6.07 Å². The van der Waals surface area contributed by atoms with Gasteiger partial charge in [-0.3, -0.25) is 4.79 Å². The molecule has 0 bridgehead atoms. The van der Waals surface area contributed by atoms with Gasteiger partial charge in [0.25, 0.3) is 5.91 Å². The smallest absolute Gasteiger partial charge is 0.387 e. The van der Waals surface area contributed by atoms with Gasteiger partial charge in [-0.05, 0) is 18.2 Å². The maximum atomic E-state index is 12.5. The number of carbonyl (C=O) groups excluding carboxylic acids is 1. The van der Waals surface area contributed by atoms with Crippen molar-refractivity contribution in [1.82, 2.24) is 5.32 Å². The van der Waals surface area contributed by atoms with Gasteiger partial charge in [-0.1, -0.05) is 30.3 Å². The fourth-order valence-electron chi connectivity index (χ4n) is 2.29. The Morgan fingerprint density at radius 1 is 1.00 bits per heavy atom. The number of para-hydroxylation sites is 2. The van der Waals surface area contributed by atoms with Gasteiger partial charge in [0.05, 0.1) is 5.56 Å². The molecule has 0 saturated carbocycles.